The third kappa shape index (κ3) is 5.93. The van der Waals surface area contributed by atoms with Gasteiger partial charge in [-0.2, -0.15) is 5.26 Å². The summed E-state index contributed by atoms with van der Waals surface area (Å²) in [5, 5.41) is 13.4. The molecule has 0 atom stereocenters. The number of ether oxygens (including phenoxy) is 1. The van der Waals surface area contributed by atoms with Gasteiger partial charge in [0.05, 0.1) is 8.95 Å². The van der Waals surface area contributed by atoms with Crippen molar-refractivity contribution in [1.82, 2.24) is 0 Å². The van der Waals surface area contributed by atoms with E-state index in [9.17, 15) is 10.1 Å². The van der Waals surface area contributed by atoms with Crippen molar-refractivity contribution in [2.45, 2.75) is 13.5 Å². The zero-order valence-electron chi connectivity index (χ0n) is 16.8. The lowest BCUT2D eigenvalue weighted by molar-refractivity contribution is -0.112. The Labute approximate surface area is 213 Å². The second-order valence-corrected chi connectivity index (χ2v) is 9.25. The minimum Gasteiger partial charge on any atom is -0.486 e. The first kappa shape index (κ1) is 24.3. The molecule has 162 valence electrons. The maximum Gasteiger partial charge on any atom is 0.266 e. The van der Waals surface area contributed by atoms with Crippen LogP contribution in [0.2, 0.25) is 10.0 Å². The first-order valence-corrected chi connectivity index (χ1v) is 11.7. The van der Waals surface area contributed by atoms with Crippen molar-refractivity contribution in [3.8, 4) is 11.8 Å². The van der Waals surface area contributed by atoms with E-state index in [1.807, 2.05) is 24.3 Å². The zero-order valence-corrected chi connectivity index (χ0v) is 21.4. The van der Waals surface area contributed by atoms with Gasteiger partial charge in [-0.25, -0.2) is 0 Å². The maximum atomic E-state index is 12.6. The number of anilines is 1. The van der Waals surface area contributed by atoms with Crippen molar-refractivity contribution in [2.24, 2.45) is 0 Å². The number of hydrogen-bond donors (Lipinski definition) is 1. The highest BCUT2D eigenvalue weighted by atomic mass is 79.9. The minimum absolute atomic E-state index is 0.0482. The number of hydrogen-bond acceptors (Lipinski definition) is 3. The van der Waals surface area contributed by atoms with Gasteiger partial charge in [-0.3, -0.25) is 4.79 Å². The Kier molecular flexibility index (Phi) is 8.38. The van der Waals surface area contributed by atoms with E-state index in [4.69, 9.17) is 27.9 Å². The molecule has 3 aromatic carbocycles. The number of nitriles is 1. The number of amides is 1. The van der Waals surface area contributed by atoms with Gasteiger partial charge in [-0.15, -0.1) is 0 Å². The first-order chi connectivity index (χ1) is 15.3. The summed E-state index contributed by atoms with van der Waals surface area (Å²) in [6, 6.07) is 18.1. The molecule has 0 saturated carbocycles. The Morgan fingerprint density at radius 2 is 1.75 bits per heavy atom. The topological polar surface area (TPSA) is 62.1 Å². The van der Waals surface area contributed by atoms with Gasteiger partial charge in [0, 0.05) is 21.3 Å². The molecule has 0 unspecified atom stereocenters. The first-order valence-electron chi connectivity index (χ1n) is 9.33. The molecule has 0 bridgehead atoms. The van der Waals surface area contributed by atoms with Crippen LogP contribution in [0.25, 0.3) is 6.08 Å². The van der Waals surface area contributed by atoms with Crippen LogP contribution in [-0.2, 0) is 11.4 Å². The van der Waals surface area contributed by atoms with Crippen molar-refractivity contribution in [2.75, 3.05) is 5.32 Å². The molecule has 1 N–H and O–H groups in total. The number of benzene rings is 3. The molecule has 8 heteroatoms. The molecule has 0 spiro atoms. The third-order valence-electron chi connectivity index (χ3n) is 4.54. The average Bonchev–Trinajstić information content (AvgIpc) is 2.75. The molecule has 0 heterocycles. The van der Waals surface area contributed by atoms with E-state index in [1.54, 1.807) is 43.3 Å². The number of nitrogens with one attached hydrogen (secondary N) is 1. The van der Waals surface area contributed by atoms with E-state index >= 15 is 0 Å². The summed E-state index contributed by atoms with van der Waals surface area (Å²) in [5.74, 6) is 0.0590. The van der Waals surface area contributed by atoms with Crippen LogP contribution in [-0.4, -0.2) is 5.91 Å². The van der Waals surface area contributed by atoms with E-state index in [1.165, 1.54) is 6.08 Å². The van der Waals surface area contributed by atoms with E-state index in [2.05, 4.69) is 37.2 Å². The Morgan fingerprint density at radius 3 is 2.41 bits per heavy atom. The van der Waals surface area contributed by atoms with Crippen LogP contribution in [0, 0.1) is 18.3 Å². The lowest BCUT2D eigenvalue weighted by Gasteiger charge is -2.12. The molecule has 1 amide bonds. The summed E-state index contributed by atoms with van der Waals surface area (Å²) in [4.78, 5) is 12.6. The molecular weight excluding hydrogens is 579 g/mol. The summed E-state index contributed by atoms with van der Waals surface area (Å²) < 4.78 is 7.24. The van der Waals surface area contributed by atoms with Gasteiger partial charge >= 0.3 is 0 Å². The normalized spacial score (nSPS) is 11.1. The predicted molar refractivity (Wildman–Crippen MR) is 136 cm³/mol. The summed E-state index contributed by atoms with van der Waals surface area (Å²) in [5.41, 5.74) is 2.73. The Balaban J connectivity index is 1.80. The van der Waals surface area contributed by atoms with E-state index in [0.717, 1.165) is 11.1 Å². The molecule has 0 aromatic heterocycles. The molecule has 0 aliphatic heterocycles. The van der Waals surface area contributed by atoms with E-state index in [0.29, 0.717) is 36.0 Å². The number of rotatable bonds is 6. The molecule has 3 aromatic rings. The molecule has 3 rings (SSSR count). The number of halogens is 4. The standard InChI is InChI=1S/C24H16Br2Cl2N2O2/c1-14-20(27)7-4-8-22(14)30-24(31)17(12-29)9-15-10-18(25)23(19(26)11-15)32-13-16-5-2-3-6-21(16)28/h2-11H,13H2,1H3,(H,30,31)/b17-9-. The van der Waals surface area contributed by atoms with Crippen LogP contribution in [0.4, 0.5) is 5.69 Å². The number of carbonyl (C=O) groups is 1. The maximum absolute atomic E-state index is 12.6. The molecule has 0 aliphatic rings. The van der Waals surface area contributed by atoms with Crippen molar-refractivity contribution < 1.29 is 9.53 Å². The van der Waals surface area contributed by atoms with Gasteiger partial charge in [-0.1, -0.05) is 47.5 Å². The van der Waals surface area contributed by atoms with Gasteiger partial charge < -0.3 is 10.1 Å². The van der Waals surface area contributed by atoms with Crippen molar-refractivity contribution in [3.05, 3.63) is 95.9 Å². The van der Waals surface area contributed by atoms with Crippen LogP contribution in [0.15, 0.2) is 69.1 Å². The van der Waals surface area contributed by atoms with Gasteiger partial charge in [-0.05, 0) is 86.3 Å². The van der Waals surface area contributed by atoms with Gasteiger partial charge in [0.1, 0.15) is 24.0 Å². The van der Waals surface area contributed by atoms with Gasteiger partial charge in [0.2, 0.25) is 0 Å². The molecular formula is C24H16Br2Cl2N2O2. The largest absolute Gasteiger partial charge is 0.486 e. The van der Waals surface area contributed by atoms with Crippen LogP contribution in [0.3, 0.4) is 0 Å². The Hall–Kier alpha value is -2.30. The monoisotopic (exact) mass is 592 g/mol. The molecule has 0 fully saturated rings. The van der Waals surface area contributed by atoms with Crippen LogP contribution < -0.4 is 10.1 Å². The molecule has 32 heavy (non-hydrogen) atoms. The van der Waals surface area contributed by atoms with Crippen molar-refractivity contribution >= 4 is 72.7 Å². The van der Waals surface area contributed by atoms with Crippen LogP contribution in [0.5, 0.6) is 5.75 Å². The number of nitrogens with zero attached hydrogens (tertiary/aromatic N) is 1. The molecule has 4 nitrogen and oxygen atoms in total. The average molecular weight is 595 g/mol. The van der Waals surface area contributed by atoms with Gasteiger partial charge in [0.25, 0.3) is 5.91 Å². The van der Waals surface area contributed by atoms with Crippen LogP contribution >= 0.6 is 55.1 Å². The lowest BCUT2D eigenvalue weighted by Crippen LogP contribution is -2.14. The highest BCUT2D eigenvalue weighted by molar-refractivity contribution is 9.11. The lowest BCUT2D eigenvalue weighted by atomic mass is 10.1. The molecule has 0 saturated heterocycles. The van der Waals surface area contributed by atoms with Gasteiger partial charge in [0.15, 0.2) is 0 Å². The predicted octanol–water partition coefficient (Wildman–Crippen LogP) is 7.95. The SMILES string of the molecule is Cc1c(Cl)cccc1NC(=O)/C(C#N)=C\c1cc(Br)c(OCc2ccccc2Cl)c(Br)c1. The summed E-state index contributed by atoms with van der Waals surface area (Å²) >= 11 is 19.3. The molecule has 0 radical (unpaired) electrons. The quantitative estimate of drug-likeness (QED) is 0.233. The van der Waals surface area contributed by atoms with Crippen LogP contribution in [0.1, 0.15) is 16.7 Å². The highest BCUT2D eigenvalue weighted by Crippen LogP contribution is 2.36. The van der Waals surface area contributed by atoms with Crippen molar-refractivity contribution in [3.63, 3.8) is 0 Å². The third-order valence-corrected chi connectivity index (χ3v) is 6.50. The van der Waals surface area contributed by atoms with E-state index in [-0.39, 0.29) is 12.2 Å². The Bertz CT molecular complexity index is 1230. The van der Waals surface area contributed by atoms with Crippen molar-refractivity contribution in [1.29, 1.82) is 5.26 Å². The Morgan fingerprint density at radius 1 is 1.09 bits per heavy atom. The zero-order chi connectivity index (χ0) is 23.3. The fourth-order valence-electron chi connectivity index (χ4n) is 2.81. The summed E-state index contributed by atoms with van der Waals surface area (Å²) in [6.45, 7) is 2.08. The fourth-order valence-corrected chi connectivity index (χ4v) is 4.63. The second-order valence-electron chi connectivity index (χ2n) is 6.73. The highest BCUT2D eigenvalue weighted by Gasteiger charge is 2.14. The number of carbonyl (C=O) groups excluding carboxylic acids is 1. The minimum atomic E-state index is -0.524. The smallest absolute Gasteiger partial charge is 0.266 e. The summed E-state index contributed by atoms with van der Waals surface area (Å²) in [7, 11) is 0. The summed E-state index contributed by atoms with van der Waals surface area (Å²) in [6.07, 6.45) is 1.50. The molecule has 0 aliphatic carbocycles. The van der Waals surface area contributed by atoms with E-state index < -0.39 is 5.91 Å². The fraction of sp³-hybridized carbons (Fsp3) is 0.0833. The second kappa shape index (κ2) is 11.0.